The maximum atomic E-state index is 11.9. The standard InChI is InChI=1S/C14H11N3O6/c18-14(12-8-21-10-3-1-2-4-11(10)23-12)16-15-7-9-5-6-13(22-9)17(19)20/h1-7,12H,8H2,(H,16,18)/b15-7+/t12-/m1/s1. The molecule has 1 N–H and O–H groups in total. The van der Waals surface area contributed by atoms with Gasteiger partial charge in [0.25, 0.3) is 5.91 Å². The van der Waals surface area contributed by atoms with E-state index in [4.69, 9.17) is 13.9 Å². The lowest BCUT2D eigenvalue weighted by Gasteiger charge is -2.24. The number of nitrogens with zero attached hydrogens (tertiary/aromatic N) is 2. The van der Waals surface area contributed by atoms with E-state index < -0.39 is 22.8 Å². The predicted molar refractivity (Wildman–Crippen MR) is 77.5 cm³/mol. The Morgan fingerprint density at radius 3 is 2.83 bits per heavy atom. The smallest absolute Gasteiger partial charge is 0.433 e. The largest absolute Gasteiger partial charge is 0.485 e. The van der Waals surface area contributed by atoms with Crippen molar-refractivity contribution in [2.24, 2.45) is 5.10 Å². The molecule has 0 spiro atoms. The van der Waals surface area contributed by atoms with Gasteiger partial charge in [0.2, 0.25) is 6.10 Å². The summed E-state index contributed by atoms with van der Waals surface area (Å²) >= 11 is 0. The van der Waals surface area contributed by atoms with Crippen LogP contribution in [-0.4, -0.2) is 29.8 Å². The summed E-state index contributed by atoms with van der Waals surface area (Å²) < 4.78 is 15.8. The summed E-state index contributed by atoms with van der Waals surface area (Å²) in [5.41, 5.74) is 2.27. The van der Waals surface area contributed by atoms with Crippen molar-refractivity contribution < 1.29 is 23.6 Å². The van der Waals surface area contributed by atoms with Gasteiger partial charge in [0.1, 0.15) is 11.5 Å². The van der Waals surface area contributed by atoms with Crippen LogP contribution in [0.3, 0.4) is 0 Å². The third-order valence-electron chi connectivity index (χ3n) is 2.96. The lowest BCUT2D eigenvalue weighted by Crippen LogP contribution is -2.42. The van der Waals surface area contributed by atoms with E-state index in [0.717, 1.165) is 6.21 Å². The molecule has 0 saturated carbocycles. The van der Waals surface area contributed by atoms with Crippen molar-refractivity contribution in [2.75, 3.05) is 6.61 Å². The topological polar surface area (TPSA) is 116 Å². The number of hydrogen-bond donors (Lipinski definition) is 1. The van der Waals surface area contributed by atoms with Crippen LogP contribution in [0.5, 0.6) is 11.5 Å². The minimum absolute atomic E-state index is 0.0601. The van der Waals surface area contributed by atoms with Gasteiger partial charge in [-0.15, -0.1) is 0 Å². The molecule has 3 rings (SSSR count). The van der Waals surface area contributed by atoms with Crippen molar-refractivity contribution in [3.8, 4) is 11.5 Å². The van der Waals surface area contributed by atoms with E-state index in [1.165, 1.54) is 12.1 Å². The number of nitrogens with one attached hydrogen (secondary N) is 1. The van der Waals surface area contributed by atoms with Crippen LogP contribution in [0.2, 0.25) is 0 Å². The van der Waals surface area contributed by atoms with Gasteiger partial charge in [-0.2, -0.15) is 5.10 Å². The minimum atomic E-state index is -0.840. The molecule has 0 bridgehead atoms. The third-order valence-corrected chi connectivity index (χ3v) is 2.96. The second-order valence-corrected chi connectivity index (χ2v) is 4.53. The minimum Gasteiger partial charge on any atom is -0.485 e. The molecule has 1 aliphatic heterocycles. The van der Waals surface area contributed by atoms with Gasteiger partial charge in [-0.1, -0.05) is 12.1 Å². The summed E-state index contributed by atoms with van der Waals surface area (Å²) in [5.74, 6) is 0.283. The van der Waals surface area contributed by atoms with E-state index in [1.54, 1.807) is 24.3 Å². The monoisotopic (exact) mass is 317 g/mol. The van der Waals surface area contributed by atoms with Crippen molar-refractivity contribution in [3.63, 3.8) is 0 Å². The molecule has 1 aliphatic rings. The first-order valence-electron chi connectivity index (χ1n) is 6.59. The fraction of sp³-hybridized carbons (Fsp3) is 0.143. The normalized spacial score (nSPS) is 16.3. The number of fused-ring (bicyclic) bond motifs is 1. The summed E-state index contributed by atoms with van der Waals surface area (Å²) in [6.07, 6.45) is 0.315. The van der Waals surface area contributed by atoms with Gasteiger partial charge in [-0.3, -0.25) is 14.9 Å². The number of hydrazone groups is 1. The van der Waals surface area contributed by atoms with E-state index in [0.29, 0.717) is 11.5 Å². The maximum Gasteiger partial charge on any atom is 0.433 e. The number of amides is 1. The Balaban J connectivity index is 1.57. The number of ether oxygens (including phenoxy) is 2. The highest BCUT2D eigenvalue weighted by atomic mass is 16.6. The molecule has 0 saturated heterocycles. The lowest BCUT2D eigenvalue weighted by atomic mass is 10.2. The van der Waals surface area contributed by atoms with Gasteiger partial charge < -0.3 is 13.9 Å². The molecule has 0 radical (unpaired) electrons. The average Bonchev–Trinajstić information content (AvgIpc) is 3.03. The third kappa shape index (κ3) is 3.28. The van der Waals surface area contributed by atoms with Gasteiger partial charge in [-0.05, 0) is 18.2 Å². The van der Waals surface area contributed by atoms with Crippen LogP contribution in [-0.2, 0) is 4.79 Å². The molecular formula is C14H11N3O6. The summed E-state index contributed by atoms with van der Waals surface area (Å²) in [6.45, 7) is 0.0601. The molecule has 1 aromatic carbocycles. The highest BCUT2D eigenvalue weighted by Crippen LogP contribution is 2.30. The van der Waals surface area contributed by atoms with Crippen LogP contribution in [0.4, 0.5) is 5.88 Å². The van der Waals surface area contributed by atoms with E-state index in [1.807, 2.05) is 0 Å². The quantitative estimate of drug-likeness (QED) is 0.518. The summed E-state index contributed by atoms with van der Waals surface area (Å²) in [5, 5.41) is 14.1. The van der Waals surface area contributed by atoms with Crippen molar-refractivity contribution in [2.45, 2.75) is 6.10 Å². The zero-order valence-electron chi connectivity index (χ0n) is 11.7. The van der Waals surface area contributed by atoms with Crippen molar-refractivity contribution in [3.05, 3.63) is 52.3 Å². The number of rotatable bonds is 4. The van der Waals surface area contributed by atoms with Crippen LogP contribution in [0.1, 0.15) is 5.76 Å². The molecule has 0 unspecified atom stereocenters. The van der Waals surface area contributed by atoms with Gasteiger partial charge >= 0.3 is 5.88 Å². The number of carbonyl (C=O) groups excluding carboxylic acids is 1. The molecule has 23 heavy (non-hydrogen) atoms. The first kappa shape index (κ1) is 14.6. The van der Waals surface area contributed by atoms with Crippen LogP contribution in [0.15, 0.2) is 45.9 Å². The van der Waals surface area contributed by atoms with Crippen LogP contribution in [0.25, 0.3) is 0 Å². The Morgan fingerprint density at radius 2 is 2.09 bits per heavy atom. The van der Waals surface area contributed by atoms with Gasteiger partial charge in [-0.25, -0.2) is 5.43 Å². The van der Waals surface area contributed by atoms with Crippen molar-refractivity contribution in [1.29, 1.82) is 0 Å². The highest BCUT2D eigenvalue weighted by Gasteiger charge is 2.27. The summed E-state index contributed by atoms with van der Waals surface area (Å²) in [7, 11) is 0. The van der Waals surface area contributed by atoms with E-state index in [9.17, 15) is 14.9 Å². The Hall–Kier alpha value is -3.36. The number of hydrogen-bond acceptors (Lipinski definition) is 7. The van der Waals surface area contributed by atoms with Crippen LogP contribution >= 0.6 is 0 Å². The molecule has 118 valence electrons. The number of benzene rings is 1. The Labute approximate surface area is 129 Å². The number of para-hydroxylation sites is 2. The molecule has 9 heteroatoms. The maximum absolute atomic E-state index is 11.9. The van der Waals surface area contributed by atoms with E-state index >= 15 is 0 Å². The SMILES string of the molecule is O=C(N/N=C/c1ccc([N+](=O)[O-])o1)[C@H]1COc2ccccc2O1. The molecule has 9 nitrogen and oxygen atoms in total. The zero-order chi connectivity index (χ0) is 16.2. The van der Waals surface area contributed by atoms with Gasteiger partial charge in [0.15, 0.2) is 17.3 Å². The molecular weight excluding hydrogens is 306 g/mol. The van der Waals surface area contributed by atoms with Crippen molar-refractivity contribution in [1.82, 2.24) is 5.43 Å². The summed E-state index contributed by atoms with van der Waals surface area (Å²) in [6, 6.07) is 9.56. The lowest BCUT2D eigenvalue weighted by molar-refractivity contribution is -0.402. The van der Waals surface area contributed by atoms with Crippen molar-refractivity contribution >= 4 is 18.0 Å². The Bertz CT molecular complexity index is 769. The van der Waals surface area contributed by atoms with Gasteiger partial charge in [0.05, 0.1) is 12.3 Å². The fourth-order valence-corrected chi connectivity index (χ4v) is 1.89. The molecule has 1 amide bonds. The molecule has 1 atom stereocenters. The first-order chi connectivity index (χ1) is 11.1. The first-order valence-corrected chi connectivity index (χ1v) is 6.59. The average molecular weight is 317 g/mol. The number of carbonyl (C=O) groups is 1. The van der Waals surface area contributed by atoms with Gasteiger partial charge in [0, 0.05) is 0 Å². The number of furan rings is 1. The second-order valence-electron chi connectivity index (χ2n) is 4.53. The van der Waals surface area contributed by atoms with Crippen LogP contribution in [0, 0.1) is 10.1 Å². The van der Waals surface area contributed by atoms with E-state index in [2.05, 4.69) is 10.5 Å². The molecule has 1 aromatic heterocycles. The molecule has 2 heterocycles. The Kier molecular flexibility index (Phi) is 3.91. The number of nitro groups is 1. The predicted octanol–water partition coefficient (Wildman–Crippen LogP) is 1.48. The molecule has 0 aliphatic carbocycles. The molecule has 0 fully saturated rings. The zero-order valence-corrected chi connectivity index (χ0v) is 11.7. The summed E-state index contributed by atoms with van der Waals surface area (Å²) in [4.78, 5) is 21.7. The van der Waals surface area contributed by atoms with Crippen LogP contribution < -0.4 is 14.9 Å². The van der Waals surface area contributed by atoms with E-state index in [-0.39, 0.29) is 12.4 Å². The molecule has 2 aromatic rings. The fourth-order valence-electron chi connectivity index (χ4n) is 1.89. The second kappa shape index (κ2) is 6.18. The Morgan fingerprint density at radius 1 is 1.30 bits per heavy atom. The highest BCUT2D eigenvalue weighted by molar-refractivity contribution is 5.84.